The fraction of sp³-hybridized carbons (Fsp3) is 0.385. The highest BCUT2D eigenvalue weighted by molar-refractivity contribution is 5.96. The number of rotatable bonds is 2. The van der Waals surface area contributed by atoms with Crippen molar-refractivity contribution in [1.29, 1.82) is 0 Å². The van der Waals surface area contributed by atoms with Crippen molar-refractivity contribution < 1.29 is 9.59 Å². The van der Waals surface area contributed by atoms with Gasteiger partial charge in [-0.25, -0.2) is 4.79 Å². The molecule has 1 aliphatic heterocycles. The van der Waals surface area contributed by atoms with Gasteiger partial charge < -0.3 is 16.0 Å². The van der Waals surface area contributed by atoms with Gasteiger partial charge in [0, 0.05) is 18.7 Å². The number of anilines is 1. The van der Waals surface area contributed by atoms with E-state index in [1.807, 2.05) is 32.0 Å². The van der Waals surface area contributed by atoms with E-state index in [1.54, 1.807) is 4.90 Å². The summed E-state index contributed by atoms with van der Waals surface area (Å²) in [6, 6.07) is 5.12. The molecule has 1 heterocycles. The van der Waals surface area contributed by atoms with Crippen LogP contribution in [0.1, 0.15) is 17.5 Å². The molecule has 5 heteroatoms. The first-order valence-electron chi connectivity index (χ1n) is 5.91. The van der Waals surface area contributed by atoms with Crippen LogP contribution in [-0.4, -0.2) is 24.5 Å². The van der Waals surface area contributed by atoms with Crippen LogP contribution in [0.5, 0.6) is 0 Å². The van der Waals surface area contributed by atoms with Crippen molar-refractivity contribution in [3.8, 4) is 0 Å². The summed E-state index contributed by atoms with van der Waals surface area (Å²) in [7, 11) is 0. The number of urea groups is 1. The Morgan fingerprint density at radius 2 is 2.11 bits per heavy atom. The number of nitrogens with zero attached hydrogens (tertiary/aromatic N) is 1. The van der Waals surface area contributed by atoms with Crippen molar-refractivity contribution in [2.75, 3.05) is 11.4 Å². The number of amides is 3. The number of hydrogen-bond donors (Lipinski definition) is 2. The average molecular weight is 247 g/mol. The number of carbonyl (C=O) groups is 2. The maximum Gasteiger partial charge on any atom is 0.312 e. The third-order valence-corrected chi connectivity index (χ3v) is 3.27. The molecule has 0 saturated carbocycles. The van der Waals surface area contributed by atoms with Gasteiger partial charge in [-0.15, -0.1) is 0 Å². The highest BCUT2D eigenvalue weighted by Gasteiger charge is 2.31. The van der Waals surface area contributed by atoms with Gasteiger partial charge in [0.25, 0.3) is 0 Å². The molecule has 3 amide bonds. The van der Waals surface area contributed by atoms with Crippen molar-refractivity contribution in [3.05, 3.63) is 29.3 Å². The van der Waals surface area contributed by atoms with Gasteiger partial charge >= 0.3 is 6.03 Å². The lowest BCUT2D eigenvalue weighted by atomic mass is 10.1. The molecule has 1 aromatic carbocycles. The molecule has 0 aliphatic carbocycles. The summed E-state index contributed by atoms with van der Waals surface area (Å²) in [4.78, 5) is 24.4. The summed E-state index contributed by atoms with van der Waals surface area (Å²) in [6.07, 6.45) is 0.301. The van der Waals surface area contributed by atoms with Gasteiger partial charge in [0.15, 0.2) is 0 Å². The van der Waals surface area contributed by atoms with Crippen LogP contribution in [0.4, 0.5) is 10.5 Å². The zero-order valence-corrected chi connectivity index (χ0v) is 10.6. The van der Waals surface area contributed by atoms with Crippen molar-refractivity contribution in [3.63, 3.8) is 0 Å². The molecule has 0 radical (unpaired) electrons. The van der Waals surface area contributed by atoms with Crippen LogP contribution in [0.3, 0.4) is 0 Å². The highest BCUT2D eigenvalue weighted by atomic mass is 16.2. The molecule has 0 spiro atoms. The maximum absolute atomic E-state index is 11.9. The zero-order valence-electron chi connectivity index (χ0n) is 10.6. The molecule has 0 bridgehead atoms. The Balaban J connectivity index is 2.16. The number of hydrogen-bond acceptors (Lipinski definition) is 2. The summed E-state index contributed by atoms with van der Waals surface area (Å²) >= 11 is 0. The second-order valence-corrected chi connectivity index (χ2v) is 4.68. The Kier molecular flexibility index (Phi) is 3.23. The summed E-state index contributed by atoms with van der Waals surface area (Å²) in [5, 5.41) is 2.57. The topological polar surface area (TPSA) is 75.4 Å². The van der Waals surface area contributed by atoms with Crippen LogP contribution in [-0.2, 0) is 4.79 Å². The third-order valence-electron chi connectivity index (χ3n) is 3.27. The van der Waals surface area contributed by atoms with E-state index in [0.717, 1.165) is 11.3 Å². The van der Waals surface area contributed by atoms with Crippen molar-refractivity contribution in [2.24, 2.45) is 5.73 Å². The fourth-order valence-electron chi connectivity index (χ4n) is 2.15. The SMILES string of the molecule is Cc1ccc(N2CC(NC(N)=O)CC2=O)cc1C. The molecule has 3 N–H and O–H groups in total. The van der Waals surface area contributed by atoms with Gasteiger partial charge in [-0.1, -0.05) is 6.07 Å². The van der Waals surface area contributed by atoms with Gasteiger partial charge in [0.05, 0.1) is 6.04 Å². The smallest absolute Gasteiger partial charge is 0.312 e. The minimum Gasteiger partial charge on any atom is -0.352 e. The van der Waals surface area contributed by atoms with Gasteiger partial charge in [0.1, 0.15) is 0 Å². The monoisotopic (exact) mass is 247 g/mol. The minimum atomic E-state index is -0.588. The quantitative estimate of drug-likeness (QED) is 0.820. The van der Waals surface area contributed by atoms with E-state index in [2.05, 4.69) is 5.32 Å². The standard InChI is InChI=1S/C13H17N3O2/c1-8-3-4-11(5-9(8)2)16-7-10(6-12(16)17)15-13(14)18/h3-5,10H,6-7H2,1-2H3,(H3,14,15,18). The molecule has 96 valence electrons. The fourth-order valence-corrected chi connectivity index (χ4v) is 2.15. The number of benzene rings is 1. The van der Waals surface area contributed by atoms with E-state index < -0.39 is 6.03 Å². The van der Waals surface area contributed by atoms with Gasteiger partial charge in [-0.05, 0) is 37.1 Å². The van der Waals surface area contributed by atoms with Gasteiger partial charge in [-0.2, -0.15) is 0 Å². The van der Waals surface area contributed by atoms with Crippen LogP contribution in [0.15, 0.2) is 18.2 Å². The molecular formula is C13H17N3O2. The predicted octanol–water partition coefficient (Wildman–Crippen LogP) is 1.08. The van der Waals surface area contributed by atoms with Crippen molar-refractivity contribution in [2.45, 2.75) is 26.3 Å². The van der Waals surface area contributed by atoms with E-state index in [0.29, 0.717) is 13.0 Å². The Morgan fingerprint density at radius 1 is 1.39 bits per heavy atom. The van der Waals surface area contributed by atoms with Crippen molar-refractivity contribution >= 4 is 17.6 Å². The first-order chi connectivity index (χ1) is 8.47. The molecule has 1 fully saturated rings. The number of aryl methyl sites for hydroxylation is 2. The molecule has 0 aromatic heterocycles. The summed E-state index contributed by atoms with van der Waals surface area (Å²) < 4.78 is 0. The lowest BCUT2D eigenvalue weighted by molar-refractivity contribution is -0.117. The molecule has 18 heavy (non-hydrogen) atoms. The average Bonchev–Trinajstić information content (AvgIpc) is 2.62. The number of nitrogens with one attached hydrogen (secondary N) is 1. The Bertz CT molecular complexity index is 499. The number of carbonyl (C=O) groups excluding carboxylic acids is 2. The predicted molar refractivity (Wildman–Crippen MR) is 69.4 cm³/mol. The van der Waals surface area contributed by atoms with Gasteiger partial charge in [-0.3, -0.25) is 4.79 Å². The molecule has 5 nitrogen and oxygen atoms in total. The Morgan fingerprint density at radius 3 is 2.72 bits per heavy atom. The first-order valence-corrected chi connectivity index (χ1v) is 5.91. The summed E-state index contributed by atoms with van der Waals surface area (Å²) in [5.74, 6) is 0.0111. The molecule has 1 atom stereocenters. The molecule has 1 unspecified atom stereocenters. The molecule has 1 aromatic rings. The van der Waals surface area contributed by atoms with E-state index >= 15 is 0 Å². The van der Waals surface area contributed by atoms with E-state index in [9.17, 15) is 9.59 Å². The second kappa shape index (κ2) is 4.68. The van der Waals surface area contributed by atoms with Crippen LogP contribution >= 0.6 is 0 Å². The van der Waals surface area contributed by atoms with Crippen LogP contribution < -0.4 is 16.0 Å². The van der Waals surface area contributed by atoms with Gasteiger partial charge in [0.2, 0.25) is 5.91 Å². The lowest BCUT2D eigenvalue weighted by Crippen LogP contribution is -2.40. The van der Waals surface area contributed by atoms with E-state index in [1.165, 1.54) is 5.56 Å². The Labute approximate surface area is 106 Å². The lowest BCUT2D eigenvalue weighted by Gasteiger charge is -2.18. The molecule has 1 saturated heterocycles. The van der Waals surface area contributed by atoms with Crippen LogP contribution in [0, 0.1) is 13.8 Å². The van der Waals surface area contributed by atoms with E-state index in [-0.39, 0.29) is 11.9 Å². The maximum atomic E-state index is 11.9. The van der Waals surface area contributed by atoms with E-state index in [4.69, 9.17) is 5.73 Å². The normalized spacial score (nSPS) is 19.1. The number of nitrogens with two attached hydrogens (primary N) is 1. The number of primary amides is 1. The molecular weight excluding hydrogens is 230 g/mol. The Hall–Kier alpha value is -2.04. The van der Waals surface area contributed by atoms with Crippen molar-refractivity contribution in [1.82, 2.24) is 5.32 Å². The minimum absolute atomic E-state index is 0.0111. The highest BCUT2D eigenvalue weighted by Crippen LogP contribution is 2.23. The first kappa shape index (κ1) is 12.4. The summed E-state index contributed by atoms with van der Waals surface area (Å²) in [5.41, 5.74) is 8.27. The largest absolute Gasteiger partial charge is 0.352 e. The summed E-state index contributed by atoms with van der Waals surface area (Å²) in [6.45, 7) is 4.52. The second-order valence-electron chi connectivity index (χ2n) is 4.68. The van der Waals surface area contributed by atoms with Crippen LogP contribution in [0.25, 0.3) is 0 Å². The molecule has 2 rings (SSSR count). The molecule has 1 aliphatic rings. The zero-order chi connectivity index (χ0) is 13.3. The third kappa shape index (κ3) is 2.45. The van der Waals surface area contributed by atoms with Crippen LogP contribution in [0.2, 0.25) is 0 Å².